The van der Waals surface area contributed by atoms with Gasteiger partial charge in [-0.1, -0.05) is 30.0 Å². The largest absolute Gasteiger partial charge is 0.491 e. The van der Waals surface area contributed by atoms with Gasteiger partial charge in [0.05, 0.1) is 6.10 Å². The van der Waals surface area contributed by atoms with E-state index in [4.69, 9.17) is 9.15 Å². The Hall–Kier alpha value is -2.38. The van der Waals surface area contributed by atoms with Crippen molar-refractivity contribution < 1.29 is 18.7 Å². The zero-order valence-electron chi connectivity index (χ0n) is 12.6. The molecular weight excluding hydrogens is 331 g/mol. The van der Waals surface area contributed by atoms with Crippen LogP contribution in [0.5, 0.6) is 5.75 Å². The monoisotopic (exact) mass is 346 g/mol. The van der Waals surface area contributed by atoms with Gasteiger partial charge in [0.1, 0.15) is 18.2 Å². The summed E-state index contributed by atoms with van der Waals surface area (Å²) in [6, 6.07) is 15.1. The summed E-state index contributed by atoms with van der Waals surface area (Å²) >= 11 is 1.24. The van der Waals surface area contributed by atoms with Gasteiger partial charge in [-0.2, -0.15) is 0 Å². The molecule has 0 fully saturated rings. The maximum absolute atomic E-state index is 12.9. The van der Waals surface area contributed by atoms with Crippen molar-refractivity contribution in [1.29, 1.82) is 0 Å². The molecule has 0 amide bonds. The number of para-hydroxylation sites is 1. The van der Waals surface area contributed by atoms with E-state index in [2.05, 4.69) is 10.2 Å². The van der Waals surface area contributed by atoms with Crippen LogP contribution in [0.2, 0.25) is 0 Å². The lowest BCUT2D eigenvalue weighted by Gasteiger charge is -2.10. The lowest BCUT2D eigenvalue weighted by molar-refractivity contribution is 0.126. The Morgan fingerprint density at radius 3 is 2.58 bits per heavy atom. The molecule has 2 aromatic carbocycles. The first-order chi connectivity index (χ1) is 11.7. The summed E-state index contributed by atoms with van der Waals surface area (Å²) in [6.07, 6.45) is -0.670. The molecule has 0 aliphatic carbocycles. The van der Waals surface area contributed by atoms with E-state index < -0.39 is 6.10 Å². The van der Waals surface area contributed by atoms with E-state index in [0.717, 1.165) is 0 Å². The third-order valence-corrected chi connectivity index (χ3v) is 4.05. The third kappa shape index (κ3) is 4.56. The van der Waals surface area contributed by atoms with E-state index in [1.54, 1.807) is 12.1 Å². The van der Waals surface area contributed by atoms with Gasteiger partial charge in [-0.3, -0.25) is 0 Å². The molecule has 5 nitrogen and oxygen atoms in total. The molecule has 0 aliphatic heterocycles. The van der Waals surface area contributed by atoms with Crippen molar-refractivity contribution in [3.8, 4) is 17.2 Å². The molecule has 0 saturated heterocycles. The zero-order chi connectivity index (χ0) is 16.8. The Morgan fingerprint density at radius 2 is 1.83 bits per heavy atom. The molecule has 0 spiro atoms. The SMILES string of the molecule is O[C@H](COc1ccccc1)CSc1nnc(-c2ccc(F)cc2)o1. The van der Waals surface area contributed by atoms with Crippen LogP contribution in [0.1, 0.15) is 0 Å². The van der Waals surface area contributed by atoms with Gasteiger partial charge < -0.3 is 14.3 Å². The Balaban J connectivity index is 1.49. The van der Waals surface area contributed by atoms with E-state index in [9.17, 15) is 9.50 Å². The van der Waals surface area contributed by atoms with Crippen LogP contribution in [0.25, 0.3) is 11.5 Å². The minimum absolute atomic E-state index is 0.177. The summed E-state index contributed by atoms with van der Waals surface area (Å²) in [5.74, 6) is 1.05. The number of aliphatic hydroxyl groups is 1. The second kappa shape index (κ2) is 7.94. The highest BCUT2D eigenvalue weighted by molar-refractivity contribution is 7.99. The van der Waals surface area contributed by atoms with Gasteiger partial charge in [0, 0.05) is 11.3 Å². The fraction of sp³-hybridized carbons (Fsp3) is 0.176. The first-order valence-corrected chi connectivity index (χ1v) is 8.27. The Bertz CT molecular complexity index is 765. The first kappa shape index (κ1) is 16.5. The molecule has 124 valence electrons. The Morgan fingerprint density at radius 1 is 1.08 bits per heavy atom. The predicted molar refractivity (Wildman–Crippen MR) is 88.4 cm³/mol. The van der Waals surface area contributed by atoms with Gasteiger partial charge in [-0.15, -0.1) is 10.2 Å². The summed E-state index contributed by atoms with van der Waals surface area (Å²) in [5.41, 5.74) is 0.642. The lowest BCUT2D eigenvalue weighted by atomic mass is 10.2. The third-order valence-electron chi connectivity index (χ3n) is 3.08. The van der Waals surface area contributed by atoms with Gasteiger partial charge in [-0.25, -0.2) is 4.39 Å². The van der Waals surface area contributed by atoms with Crippen LogP contribution in [0.15, 0.2) is 64.2 Å². The molecule has 24 heavy (non-hydrogen) atoms. The lowest BCUT2D eigenvalue weighted by Crippen LogP contribution is -2.20. The highest BCUT2D eigenvalue weighted by atomic mass is 32.2. The zero-order valence-corrected chi connectivity index (χ0v) is 13.4. The topological polar surface area (TPSA) is 68.4 Å². The van der Waals surface area contributed by atoms with Crippen molar-refractivity contribution in [2.75, 3.05) is 12.4 Å². The highest BCUT2D eigenvalue weighted by Crippen LogP contribution is 2.23. The number of ether oxygens (including phenoxy) is 1. The molecule has 0 radical (unpaired) electrons. The van der Waals surface area contributed by atoms with Gasteiger partial charge in [-0.05, 0) is 36.4 Å². The number of rotatable bonds is 7. The van der Waals surface area contributed by atoms with Crippen molar-refractivity contribution in [2.45, 2.75) is 11.3 Å². The summed E-state index contributed by atoms with van der Waals surface area (Å²) in [4.78, 5) is 0. The van der Waals surface area contributed by atoms with E-state index >= 15 is 0 Å². The van der Waals surface area contributed by atoms with Gasteiger partial charge >= 0.3 is 0 Å². The van der Waals surface area contributed by atoms with Crippen LogP contribution >= 0.6 is 11.8 Å². The van der Waals surface area contributed by atoms with E-state index in [0.29, 0.717) is 28.2 Å². The van der Waals surface area contributed by atoms with E-state index in [1.165, 1.54) is 23.9 Å². The maximum Gasteiger partial charge on any atom is 0.276 e. The van der Waals surface area contributed by atoms with E-state index in [1.807, 2.05) is 30.3 Å². The number of aromatic nitrogens is 2. The van der Waals surface area contributed by atoms with Crippen molar-refractivity contribution in [3.05, 3.63) is 60.4 Å². The number of hydrogen-bond acceptors (Lipinski definition) is 6. The average Bonchev–Trinajstić information content (AvgIpc) is 3.09. The van der Waals surface area contributed by atoms with Crippen LogP contribution in [0, 0.1) is 5.82 Å². The molecular formula is C17H15FN2O3S. The molecule has 7 heteroatoms. The molecule has 0 saturated carbocycles. The molecule has 3 rings (SSSR count). The molecule has 3 aromatic rings. The maximum atomic E-state index is 12.9. The van der Waals surface area contributed by atoms with Gasteiger partial charge in [0.15, 0.2) is 0 Å². The van der Waals surface area contributed by atoms with Gasteiger partial charge in [0.2, 0.25) is 5.89 Å². The standard InChI is InChI=1S/C17H15FN2O3S/c18-13-8-6-12(7-9-13)16-19-20-17(23-16)24-11-14(21)10-22-15-4-2-1-3-5-15/h1-9,14,21H,10-11H2/t14-/m1/s1. The second-order valence-corrected chi connectivity index (χ2v) is 5.94. The van der Waals surface area contributed by atoms with Crippen molar-refractivity contribution in [2.24, 2.45) is 0 Å². The number of benzene rings is 2. The average molecular weight is 346 g/mol. The predicted octanol–water partition coefficient (Wildman–Crippen LogP) is 3.41. The Labute approximate surface area is 142 Å². The Kier molecular flexibility index (Phi) is 5.45. The smallest absolute Gasteiger partial charge is 0.276 e. The van der Waals surface area contributed by atoms with Crippen molar-refractivity contribution in [3.63, 3.8) is 0 Å². The fourth-order valence-corrected chi connectivity index (χ4v) is 2.57. The van der Waals surface area contributed by atoms with Crippen LogP contribution in [0.3, 0.4) is 0 Å². The van der Waals surface area contributed by atoms with Crippen LogP contribution < -0.4 is 4.74 Å². The molecule has 1 N–H and O–H groups in total. The highest BCUT2D eigenvalue weighted by Gasteiger charge is 2.12. The molecule has 0 unspecified atom stereocenters. The second-order valence-electron chi connectivity index (χ2n) is 4.97. The molecule has 1 heterocycles. The number of halogens is 1. The van der Waals surface area contributed by atoms with E-state index in [-0.39, 0.29) is 12.4 Å². The number of hydrogen-bond donors (Lipinski definition) is 1. The number of nitrogens with zero attached hydrogens (tertiary/aromatic N) is 2. The first-order valence-electron chi connectivity index (χ1n) is 7.29. The number of aliphatic hydroxyl groups excluding tert-OH is 1. The summed E-state index contributed by atoms with van der Waals surface area (Å²) in [5, 5.41) is 18.1. The number of thioether (sulfide) groups is 1. The quantitative estimate of drug-likeness (QED) is 0.661. The minimum Gasteiger partial charge on any atom is -0.491 e. The molecule has 0 bridgehead atoms. The van der Waals surface area contributed by atoms with Crippen LogP contribution in [-0.4, -0.2) is 33.8 Å². The summed E-state index contributed by atoms with van der Waals surface area (Å²) in [7, 11) is 0. The normalized spacial score (nSPS) is 12.1. The van der Waals surface area contributed by atoms with Crippen molar-refractivity contribution in [1.82, 2.24) is 10.2 Å². The molecule has 1 aromatic heterocycles. The van der Waals surface area contributed by atoms with Crippen LogP contribution in [0.4, 0.5) is 4.39 Å². The molecule has 0 aliphatic rings. The van der Waals surface area contributed by atoms with Crippen molar-refractivity contribution >= 4 is 11.8 Å². The fourth-order valence-electron chi connectivity index (χ4n) is 1.90. The minimum atomic E-state index is -0.670. The molecule has 1 atom stereocenters. The van der Waals surface area contributed by atoms with Gasteiger partial charge in [0.25, 0.3) is 5.22 Å². The van der Waals surface area contributed by atoms with Crippen LogP contribution in [-0.2, 0) is 0 Å². The summed E-state index contributed by atoms with van der Waals surface area (Å²) < 4.78 is 23.9. The summed E-state index contributed by atoms with van der Waals surface area (Å²) in [6.45, 7) is 0.177.